The fourth-order valence-corrected chi connectivity index (χ4v) is 3.03. The molecule has 0 spiro atoms. The van der Waals surface area contributed by atoms with E-state index in [1.807, 2.05) is 19.9 Å². The van der Waals surface area contributed by atoms with Crippen LogP contribution in [0.25, 0.3) is 0 Å². The minimum Gasteiger partial charge on any atom is -0.495 e. The van der Waals surface area contributed by atoms with Gasteiger partial charge in [0.2, 0.25) is 11.8 Å². The molecule has 25 heavy (non-hydrogen) atoms. The van der Waals surface area contributed by atoms with Crippen molar-refractivity contribution in [3.63, 3.8) is 0 Å². The average molecular weight is 363 g/mol. The highest BCUT2D eigenvalue weighted by Gasteiger charge is 2.10. The van der Waals surface area contributed by atoms with Crippen molar-refractivity contribution in [2.75, 3.05) is 19.0 Å². The van der Waals surface area contributed by atoms with Crippen LogP contribution in [0, 0.1) is 13.8 Å². The van der Waals surface area contributed by atoms with Crippen molar-refractivity contribution in [1.29, 1.82) is 0 Å². The molecule has 1 aromatic heterocycles. The van der Waals surface area contributed by atoms with E-state index < -0.39 is 0 Å². The van der Waals surface area contributed by atoms with Gasteiger partial charge in [0.1, 0.15) is 5.75 Å². The molecule has 1 heterocycles. The van der Waals surface area contributed by atoms with Crippen molar-refractivity contribution in [3.05, 3.63) is 44.5 Å². The number of aromatic nitrogens is 1. The third-order valence-electron chi connectivity index (χ3n) is 3.61. The number of nitrogens with one attached hydrogen (secondary N) is 2. The molecule has 1 aromatic carbocycles. The number of hydrogen-bond acceptors (Lipinski definition) is 5. The summed E-state index contributed by atoms with van der Waals surface area (Å²) in [6, 6.07) is 5.44. The van der Waals surface area contributed by atoms with Gasteiger partial charge < -0.3 is 19.9 Å². The van der Waals surface area contributed by atoms with Crippen molar-refractivity contribution in [2.45, 2.75) is 26.8 Å². The Morgan fingerprint density at radius 2 is 2.00 bits per heavy atom. The molecule has 8 heteroatoms. The second-order valence-corrected chi connectivity index (χ2v) is 6.39. The van der Waals surface area contributed by atoms with E-state index in [9.17, 15) is 14.4 Å². The topological polar surface area (TPSA) is 89.4 Å². The van der Waals surface area contributed by atoms with Crippen molar-refractivity contribution in [2.24, 2.45) is 0 Å². The number of thiazole rings is 1. The van der Waals surface area contributed by atoms with E-state index in [4.69, 9.17) is 4.74 Å². The lowest BCUT2D eigenvalue weighted by molar-refractivity contribution is -0.124. The third kappa shape index (κ3) is 5.18. The Balaban J connectivity index is 1.83. The minimum absolute atomic E-state index is 0.0883. The number of nitrogens with zero attached hydrogens (tertiary/aromatic N) is 1. The summed E-state index contributed by atoms with van der Waals surface area (Å²) in [4.78, 5) is 35.4. The molecule has 0 aliphatic rings. The predicted octanol–water partition coefficient (Wildman–Crippen LogP) is 1.68. The third-order valence-corrected chi connectivity index (χ3v) is 4.50. The van der Waals surface area contributed by atoms with Gasteiger partial charge in [-0.1, -0.05) is 17.4 Å². The van der Waals surface area contributed by atoms with Gasteiger partial charge in [-0.3, -0.25) is 14.4 Å². The molecule has 2 rings (SSSR count). The van der Waals surface area contributed by atoms with Crippen LogP contribution in [0.5, 0.6) is 5.75 Å². The molecular weight excluding hydrogens is 342 g/mol. The van der Waals surface area contributed by atoms with E-state index in [-0.39, 0.29) is 29.7 Å². The number of ether oxygens (including phenoxy) is 1. The lowest BCUT2D eigenvalue weighted by Gasteiger charge is -2.11. The second-order valence-electron chi connectivity index (χ2n) is 5.57. The van der Waals surface area contributed by atoms with E-state index in [1.54, 1.807) is 22.1 Å². The number of methoxy groups -OCH3 is 1. The van der Waals surface area contributed by atoms with Crippen LogP contribution in [0.1, 0.15) is 17.7 Å². The first kappa shape index (κ1) is 18.7. The molecule has 0 unspecified atom stereocenters. The van der Waals surface area contributed by atoms with Crippen LogP contribution >= 0.6 is 11.3 Å². The molecular formula is C17H21N3O4S. The Labute approximate surface area is 149 Å². The van der Waals surface area contributed by atoms with E-state index in [0.717, 1.165) is 22.6 Å². The number of hydrogen-bond donors (Lipinski definition) is 2. The molecule has 0 aliphatic carbocycles. The largest absolute Gasteiger partial charge is 0.495 e. The van der Waals surface area contributed by atoms with E-state index in [2.05, 4.69) is 10.6 Å². The van der Waals surface area contributed by atoms with Gasteiger partial charge in [-0.25, -0.2) is 0 Å². The zero-order valence-electron chi connectivity index (χ0n) is 14.4. The number of aryl methyl sites for hydroxylation is 2. The summed E-state index contributed by atoms with van der Waals surface area (Å²) in [5, 5.41) is 7.02. The molecule has 134 valence electrons. The zero-order valence-corrected chi connectivity index (χ0v) is 15.2. The summed E-state index contributed by atoms with van der Waals surface area (Å²) in [5.74, 6) is -0.0810. The number of rotatable bonds is 7. The number of anilines is 1. The minimum atomic E-state index is -0.346. The molecule has 0 radical (unpaired) electrons. The van der Waals surface area contributed by atoms with Gasteiger partial charge in [-0.05, 0) is 31.5 Å². The van der Waals surface area contributed by atoms with Crippen LogP contribution in [0.4, 0.5) is 5.69 Å². The molecule has 2 N–H and O–H groups in total. The van der Waals surface area contributed by atoms with Crippen LogP contribution in [-0.4, -0.2) is 30.0 Å². The molecule has 0 fully saturated rings. The molecule has 0 saturated heterocycles. The normalized spacial score (nSPS) is 10.4. The molecule has 0 saturated carbocycles. The van der Waals surface area contributed by atoms with Gasteiger partial charge in [0, 0.05) is 24.0 Å². The van der Waals surface area contributed by atoms with Gasteiger partial charge in [0.15, 0.2) is 0 Å². The summed E-state index contributed by atoms with van der Waals surface area (Å²) < 4.78 is 6.74. The standard InChI is InChI=1S/C17H21N3O4S/c1-11-4-5-14(24-3)13(8-11)19-16(22)9-18-15(21)6-7-20-12(2)10-25-17(20)23/h4-5,8,10H,6-7,9H2,1-3H3,(H,18,21)(H,19,22). The van der Waals surface area contributed by atoms with Crippen LogP contribution in [0.15, 0.2) is 28.4 Å². The maximum absolute atomic E-state index is 12.0. The number of benzene rings is 1. The van der Waals surface area contributed by atoms with Gasteiger partial charge in [0.25, 0.3) is 0 Å². The van der Waals surface area contributed by atoms with Crippen molar-refractivity contribution >= 4 is 28.8 Å². The highest BCUT2D eigenvalue weighted by atomic mass is 32.1. The van der Waals surface area contributed by atoms with Crippen molar-refractivity contribution in [1.82, 2.24) is 9.88 Å². The SMILES string of the molecule is COc1ccc(C)cc1NC(=O)CNC(=O)CCn1c(C)csc1=O. The average Bonchev–Trinajstić information content (AvgIpc) is 2.89. The van der Waals surface area contributed by atoms with E-state index in [0.29, 0.717) is 18.0 Å². The lowest BCUT2D eigenvalue weighted by Crippen LogP contribution is -2.33. The maximum atomic E-state index is 12.0. The van der Waals surface area contributed by atoms with E-state index in [1.165, 1.54) is 7.11 Å². The molecule has 0 bridgehead atoms. The lowest BCUT2D eigenvalue weighted by atomic mass is 10.2. The second kappa shape index (κ2) is 8.48. The van der Waals surface area contributed by atoms with Crippen molar-refractivity contribution < 1.29 is 14.3 Å². The van der Waals surface area contributed by atoms with Crippen molar-refractivity contribution in [3.8, 4) is 5.75 Å². The molecule has 2 amide bonds. The zero-order chi connectivity index (χ0) is 18.4. The monoisotopic (exact) mass is 363 g/mol. The van der Waals surface area contributed by atoms with Gasteiger partial charge in [0.05, 0.1) is 19.3 Å². The first-order valence-electron chi connectivity index (χ1n) is 7.77. The highest BCUT2D eigenvalue weighted by Crippen LogP contribution is 2.24. The van der Waals surface area contributed by atoms with Crippen LogP contribution in [-0.2, 0) is 16.1 Å². The smallest absolute Gasteiger partial charge is 0.307 e. The molecule has 2 aromatic rings. The Morgan fingerprint density at radius 3 is 2.64 bits per heavy atom. The predicted molar refractivity (Wildman–Crippen MR) is 97.3 cm³/mol. The first-order valence-corrected chi connectivity index (χ1v) is 8.65. The summed E-state index contributed by atoms with van der Waals surface area (Å²) in [7, 11) is 1.52. The maximum Gasteiger partial charge on any atom is 0.307 e. The fourth-order valence-electron chi connectivity index (χ4n) is 2.27. The number of carbonyl (C=O) groups excluding carboxylic acids is 2. The summed E-state index contributed by atoms with van der Waals surface area (Å²) >= 11 is 1.11. The molecule has 7 nitrogen and oxygen atoms in total. The molecule has 0 aliphatic heterocycles. The van der Waals surface area contributed by atoms with Crippen LogP contribution < -0.4 is 20.2 Å². The van der Waals surface area contributed by atoms with Gasteiger partial charge >= 0.3 is 4.87 Å². The summed E-state index contributed by atoms with van der Waals surface area (Å²) in [6.07, 6.45) is 0.137. The Morgan fingerprint density at radius 1 is 1.24 bits per heavy atom. The Hall–Kier alpha value is -2.61. The Kier molecular flexibility index (Phi) is 6.35. The summed E-state index contributed by atoms with van der Waals surface area (Å²) in [6.45, 7) is 3.88. The fraction of sp³-hybridized carbons (Fsp3) is 0.353. The van der Waals surface area contributed by atoms with Crippen LogP contribution in [0.2, 0.25) is 0 Å². The number of carbonyl (C=O) groups is 2. The summed E-state index contributed by atoms with van der Waals surface area (Å²) in [5.41, 5.74) is 2.37. The molecule has 0 atom stereocenters. The first-order chi connectivity index (χ1) is 11.9. The van der Waals surface area contributed by atoms with Gasteiger partial charge in [-0.15, -0.1) is 0 Å². The van der Waals surface area contributed by atoms with Gasteiger partial charge in [-0.2, -0.15) is 0 Å². The van der Waals surface area contributed by atoms with E-state index >= 15 is 0 Å². The quantitative estimate of drug-likeness (QED) is 0.783. The highest BCUT2D eigenvalue weighted by molar-refractivity contribution is 7.07. The Bertz CT molecular complexity index is 826. The van der Waals surface area contributed by atoms with Crippen LogP contribution in [0.3, 0.4) is 0 Å². The number of amides is 2.